The molecule has 152 valence electrons. The summed E-state index contributed by atoms with van der Waals surface area (Å²) in [6.07, 6.45) is 6.84. The predicted octanol–water partition coefficient (Wildman–Crippen LogP) is 6.28. The largest absolute Gasteiger partial charge is 0.366 e. The molecule has 5 rings (SSSR count). The van der Waals surface area contributed by atoms with E-state index in [2.05, 4.69) is 58.3 Å². The van der Waals surface area contributed by atoms with E-state index in [9.17, 15) is 0 Å². The van der Waals surface area contributed by atoms with Crippen LogP contribution in [-0.2, 0) is 0 Å². The lowest BCUT2D eigenvalue weighted by atomic mass is 10.1. The highest BCUT2D eigenvalue weighted by Gasteiger charge is 2.18. The van der Waals surface area contributed by atoms with Crippen molar-refractivity contribution in [2.45, 2.75) is 44.7 Å². The molecule has 0 amide bonds. The number of fused-ring (bicyclic) bond motifs is 1. The van der Waals surface area contributed by atoms with Gasteiger partial charge >= 0.3 is 0 Å². The van der Waals surface area contributed by atoms with Gasteiger partial charge in [0.1, 0.15) is 11.6 Å². The van der Waals surface area contributed by atoms with E-state index in [1.54, 1.807) is 11.3 Å². The molecule has 2 N–H and O–H groups in total. The molecule has 6 heteroatoms. The molecule has 5 nitrogen and oxygen atoms in total. The van der Waals surface area contributed by atoms with Crippen molar-refractivity contribution in [3.05, 3.63) is 65.7 Å². The highest BCUT2D eigenvalue weighted by molar-refractivity contribution is 7.17. The third-order valence-corrected chi connectivity index (χ3v) is 6.59. The molecule has 30 heavy (non-hydrogen) atoms. The summed E-state index contributed by atoms with van der Waals surface area (Å²) in [5.41, 5.74) is 3.19. The van der Waals surface area contributed by atoms with Crippen LogP contribution < -0.4 is 10.6 Å². The first-order valence-electron chi connectivity index (χ1n) is 10.6. The minimum Gasteiger partial charge on any atom is -0.366 e. The molecule has 0 radical (unpaired) electrons. The Morgan fingerprint density at radius 1 is 1.03 bits per heavy atom. The highest BCUT2D eigenvalue weighted by atomic mass is 32.1. The van der Waals surface area contributed by atoms with Crippen LogP contribution in [0.1, 0.15) is 44.2 Å². The summed E-state index contributed by atoms with van der Waals surface area (Å²) in [6, 6.07) is 17.1. The maximum atomic E-state index is 4.92. The van der Waals surface area contributed by atoms with E-state index in [1.807, 2.05) is 24.4 Å². The first kappa shape index (κ1) is 19.0. The average molecular weight is 416 g/mol. The summed E-state index contributed by atoms with van der Waals surface area (Å²) in [6.45, 7) is 2.14. The van der Waals surface area contributed by atoms with Crippen LogP contribution in [0.25, 0.3) is 21.6 Å². The van der Waals surface area contributed by atoms with Crippen molar-refractivity contribution in [1.29, 1.82) is 0 Å². The van der Waals surface area contributed by atoms with Gasteiger partial charge < -0.3 is 10.6 Å². The number of aromatic nitrogens is 3. The summed E-state index contributed by atoms with van der Waals surface area (Å²) < 4.78 is 1.13. The van der Waals surface area contributed by atoms with Crippen molar-refractivity contribution < 1.29 is 0 Å². The van der Waals surface area contributed by atoms with E-state index in [0.29, 0.717) is 6.04 Å². The lowest BCUT2D eigenvalue weighted by Crippen LogP contribution is -2.16. The maximum absolute atomic E-state index is 4.92. The monoisotopic (exact) mass is 415 g/mol. The summed E-state index contributed by atoms with van der Waals surface area (Å²) in [5.74, 6) is 2.52. The Morgan fingerprint density at radius 2 is 1.87 bits per heavy atom. The SMILES string of the molecule is C[C@H](Nc1cc(-c2nc(NC3CCCC3)c3sccc3n2)ccn1)c1ccccc1. The second-order valence-corrected chi connectivity index (χ2v) is 8.78. The van der Waals surface area contributed by atoms with Gasteiger partial charge in [0.25, 0.3) is 0 Å². The lowest BCUT2D eigenvalue weighted by molar-refractivity contribution is 0.752. The van der Waals surface area contributed by atoms with Crippen LogP contribution in [0.5, 0.6) is 0 Å². The van der Waals surface area contributed by atoms with Crippen LogP contribution in [0.3, 0.4) is 0 Å². The quantitative estimate of drug-likeness (QED) is 0.388. The van der Waals surface area contributed by atoms with Crippen LogP contribution in [0.15, 0.2) is 60.1 Å². The number of pyridine rings is 1. The van der Waals surface area contributed by atoms with Gasteiger partial charge in [0.2, 0.25) is 0 Å². The molecule has 1 atom stereocenters. The summed E-state index contributed by atoms with van der Waals surface area (Å²) >= 11 is 1.70. The van der Waals surface area contributed by atoms with Gasteiger partial charge in [-0.15, -0.1) is 11.3 Å². The summed E-state index contributed by atoms with van der Waals surface area (Å²) in [7, 11) is 0. The zero-order chi connectivity index (χ0) is 20.3. The first-order valence-corrected chi connectivity index (χ1v) is 11.4. The molecule has 1 fully saturated rings. The second kappa shape index (κ2) is 8.40. The number of nitrogens with one attached hydrogen (secondary N) is 2. The molecule has 3 aromatic heterocycles. The van der Waals surface area contributed by atoms with Gasteiger partial charge in [-0.1, -0.05) is 43.2 Å². The second-order valence-electron chi connectivity index (χ2n) is 7.86. The van der Waals surface area contributed by atoms with Crippen molar-refractivity contribution in [2.24, 2.45) is 0 Å². The van der Waals surface area contributed by atoms with Crippen LogP contribution in [0.4, 0.5) is 11.6 Å². The van der Waals surface area contributed by atoms with Crippen molar-refractivity contribution in [3.8, 4) is 11.4 Å². The number of hydrogen-bond donors (Lipinski definition) is 2. The third kappa shape index (κ3) is 4.00. The molecule has 0 aliphatic heterocycles. The molecule has 1 aliphatic rings. The Morgan fingerprint density at radius 3 is 2.70 bits per heavy atom. The Labute approximate surface area is 180 Å². The van der Waals surface area contributed by atoms with Gasteiger partial charge in [-0.2, -0.15) is 0 Å². The van der Waals surface area contributed by atoms with Crippen LogP contribution in [-0.4, -0.2) is 21.0 Å². The van der Waals surface area contributed by atoms with Crippen molar-refractivity contribution in [3.63, 3.8) is 0 Å². The zero-order valence-electron chi connectivity index (χ0n) is 17.0. The van der Waals surface area contributed by atoms with Crippen LogP contribution >= 0.6 is 11.3 Å². The predicted molar refractivity (Wildman–Crippen MR) is 125 cm³/mol. The third-order valence-electron chi connectivity index (χ3n) is 5.68. The van der Waals surface area contributed by atoms with E-state index in [0.717, 1.165) is 33.2 Å². The van der Waals surface area contributed by atoms with Crippen molar-refractivity contribution >= 4 is 33.2 Å². The Hall–Kier alpha value is -2.99. The fourth-order valence-electron chi connectivity index (χ4n) is 4.05. The maximum Gasteiger partial charge on any atom is 0.162 e. The van der Waals surface area contributed by atoms with Gasteiger partial charge in [0, 0.05) is 23.8 Å². The van der Waals surface area contributed by atoms with Crippen molar-refractivity contribution in [2.75, 3.05) is 10.6 Å². The van der Waals surface area contributed by atoms with Crippen molar-refractivity contribution in [1.82, 2.24) is 15.0 Å². The molecule has 1 saturated carbocycles. The first-order chi connectivity index (χ1) is 14.8. The van der Waals surface area contributed by atoms with Crippen LogP contribution in [0.2, 0.25) is 0 Å². The molecular formula is C24H25N5S. The van der Waals surface area contributed by atoms with E-state index in [4.69, 9.17) is 9.97 Å². The Balaban J connectivity index is 1.44. The highest BCUT2D eigenvalue weighted by Crippen LogP contribution is 2.32. The van der Waals surface area contributed by atoms with E-state index in [-0.39, 0.29) is 6.04 Å². The fourth-order valence-corrected chi connectivity index (χ4v) is 4.83. The number of rotatable bonds is 6. The molecule has 0 bridgehead atoms. The minimum absolute atomic E-state index is 0.161. The number of anilines is 2. The molecule has 4 aromatic rings. The summed E-state index contributed by atoms with van der Waals surface area (Å²) in [4.78, 5) is 14.2. The lowest BCUT2D eigenvalue weighted by Gasteiger charge is -2.16. The van der Waals surface area contributed by atoms with Gasteiger partial charge in [0.05, 0.1) is 10.2 Å². The molecule has 3 heterocycles. The van der Waals surface area contributed by atoms with E-state index < -0.39 is 0 Å². The van der Waals surface area contributed by atoms with Gasteiger partial charge in [0.15, 0.2) is 5.82 Å². The molecule has 0 saturated heterocycles. The topological polar surface area (TPSA) is 62.7 Å². The number of hydrogen-bond acceptors (Lipinski definition) is 6. The average Bonchev–Trinajstić information content (AvgIpc) is 3.46. The number of thiophene rings is 1. The molecule has 1 aliphatic carbocycles. The van der Waals surface area contributed by atoms with Gasteiger partial charge in [-0.05, 0) is 48.9 Å². The Bertz CT molecular complexity index is 1130. The number of benzene rings is 1. The fraction of sp³-hybridized carbons (Fsp3) is 0.292. The standard InChI is InChI=1S/C24H25N5S/c1-16(17-7-3-2-4-8-17)26-21-15-18(11-13-25-21)23-28-20-12-14-30-22(20)24(29-23)27-19-9-5-6-10-19/h2-4,7-8,11-16,19H,5-6,9-10H2,1H3,(H,25,26)(H,27,28,29)/t16-/m0/s1. The zero-order valence-corrected chi connectivity index (χ0v) is 17.8. The minimum atomic E-state index is 0.161. The number of nitrogens with zero attached hydrogens (tertiary/aromatic N) is 3. The smallest absolute Gasteiger partial charge is 0.162 e. The van der Waals surface area contributed by atoms with Gasteiger partial charge in [-0.25, -0.2) is 15.0 Å². The van der Waals surface area contributed by atoms with E-state index >= 15 is 0 Å². The normalized spacial score (nSPS) is 15.4. The molecule has 0 unspecified atom stereocenters. The summed E-state index contributed by atoms with van der Waals surface area (Å²) in [5, 5.41) is 9.26. The Kier molecular flexibility index (Phi) is 5.32. The van der Waals surface area contributed by atoms with E-state index in [1.165, 1.54) is 31.2 Å². The molecular weight excluding hydrogens is 390 g/mol. The van der Waals surface area contributed by atoms with Crippen LogP contribution in [0, 0.1) is 0 Å². The molecule has 0 spiro atoms. The molecule has 1 aromatic carbocycles. The van der Waals surface area contributed by atoms with Gasteiger partial charge in [-0.3, -0.25) is 0 Å².